The molecule has 1 aromatic carbocycles. The molecule has 28 heavy (non-hydrogen) atoms. The summed E-state index contributed by atoms with van der Waals surface area (Å²) < 4.78 is 46.0. The van der Waals surface area contributed by atoms with Crippen molar-refractivity contribution in [2.75, 3.05) is 7.05 Å². The van der Waals surface area contributed by atoms with Gasteiger partial charge in [0, 0.05) is 29.7 Å². The summed E-state index contributed by atoms with van der Waals surface area (Å²) in [4.78, 5) is 14.5. The van der Waals surface area contributed by atoms with Gasteiger partial charge in [0.2, 0.25) is 0 Å². The van der Waals surface area contributed by atoms with E-state index in [1.165, 1.54) is 28.9 Å². The first kappa shape index (κ1) is 17.4. The van der Waals surface area contributed by atoms with Gasteiger partial charge in [-0.05, 0) is 24.6 Å². The molecule has 5 nitrogen and oxygen atoms in total. The first-order valence-corrected chi connectivity index (χ1v) is 8.96. The summed E-state index contributed by atoms with van der Waals surface area (Å²) in [5.41, 5.74) is 2.65. The lowest BCUT2D eigenvalue weighted by Gasteiger charge is -2.23. The van der Waals surface area contributed by atoms with Crippen LogP contribution in [0.25, 0.3) is 5.52 Å². The number of alkyl halides is 2. The molecule has 5 rings (SSSR count). The van der Waals surface area contributed by atoms with Gasteiger partial charge in [0.05, 0.1) is 28.5 Å². The highest BCUT2D eigenvalue weighted by molar-refractivity contribution is 6.31. The van der Waals surface area contributed by atoms with Crippen LogP contribution in [0.2, 0.25) is 5.02 Å². The van der Waals surface area contributed by atoms with Crippen LogP contribution < -0.4 is 4.74 Å². The molecule has 0 saturated carbocycles. The fourth-order valence-electron chi connectivity index (χ4n) is 4.36. The zero-order valence-corrected chi connectivity index (χ0v) is 15.3. The number of aromatic nitrogens is 2. The van der Waals surface area contributed by atoms with Crippen molar-refractivity contribution >= 4 is 23.0 Å². The molecule has 1 aliphatic carbocycles. The molecular weight excluding hydrogens is 395 g/mol. The van der Waals surface area contributed by atoms with Gasteiger partial charge < -0.3 is 9.64 Å². The van der Waals surface area contributed by atoms with Crippen LogP contribution in [0.4, 0.5) is 13.2 Å². The number of carbonyl (C=O) groups excluding carboxylic acids is 1. The third-order valence-electron chi connectivity index (χ3n) is 5.51. The van der Waals surface area contributed by atoms with E-state index in [1.54, 1.807) is 18.0 Å². The first-order valence-electron chi connectivity index (χ1n) is 8.59. The van der Waals surface area contributed by atoms with Gasteiger partial charge in [-0.3, -0.25) is 4.79 Å². The largest absolute Gasteiger partial charge is 0.434 e. The van der Waals surface area contributed by atoms with Crippen LogP contribution in [0.3, 0.4) is 0 Å². The lowest BCUT2D eigenvalue weighted by Crippen LogP contribution is -2.30. The normalized spacial score (nSPS) is 20.5. The maximum Gasteiger partial charge on any atom is 0.387 e. The molecule has 0 saturated heterocycles. The molecule has 0 unspecified atom stereocenters. The van der Waals surface area contributed by atoms with E-state index in [9.17, 15) is 18.0 Å². The smallest absolute Gasteiger partial charge is 0.387 e. The lowest BCUT2D eigenvalue weighted by atomic mass is 9.89. The molecule has 3 heterocycles. The number of rotatable bonds is 2. The maximum atomic E-state index is 13.9. The summed E-state index contributed by atoms with van der Waals surface area (Å²) in [6.07, 6.45) is 1.65. The monoisotopic (exact) mass is 407 g/mol. The first-order chi connectivity index (χ1) is 13.4. The second-order valence-corrected chi connectivity index (χ2v) is 7.32. The molecule has 1 aliphatic heterocycles. The molecule has 0 fully saturated rings. The molecule has 1 amide bonds. The molecular formula is C19H13ClF3N3O2. The lowest BCUT2D eigenvalue weighted by molar-refractivity contribution is -0.0505. The SMILES string of the molecule is CN1C(=O)c2cccc(OC(F)F)c2[C@H]2C[C@@H]1c1nn3cc(F)c(Cl)cc3c12. The quantitative estimate of drug-likeness (QED) is 0.633. The van der Waals surface area contributed by atoms with E-state index < -0.39 is 18.3 Å². The number of fused-ring (bicyclic) bond motifs is 9. The summed E-state index contributed by atoms with van der Waals surface area (Å²) in [7, 11) is 1.65. The van der Waals surface area contributed by atoms with Crippen molar-refractivity contribution in [1.82, 2.24) is 14.5 Å². The van der Waals surface area contributed by atoms with Crippen molar-refractivity contribution in [3.05, 3.63) is 63.7 Å². The molecule has 0 spiro atoms. The Bertz CT molecular complexity index is 1150. The van der Waals surface area contributed by atoms with Crippen LogP contribution in [-0.2, 0) is 0 Å². The number of hydrogen-bond donors (Lipinski definition) is 0. The van der Waals surface area contributed by atoms with E-state index in [0.29, 0.717) is 28.8 Å². The Morgan fingerprint density at radius 3 is 2.86 bits per heavy atom. The molecule has 0 N–H and O–H groups in total. The predicted octanol–water partition coefficient (Wildman–Crippen LogP) is 4.39. The standard InChI is InChI=1S/C19H13ClF3N3O2/c1-25-13-5-9(15-8(18(25)27)3-2-4-14(15)28-19(22)23)16-12-6-10(20)11(21)7-26(12)24-17(13)16/h2-4,6-7,9,13,19H,5H2,1H3/t9-,13-/m1/s1. The average Bonchev–Trinajstić information content (AvgIpc) is 3.14. The van der Waals surface area contributed by atoms with Crippen molar-refractivity contribution in [3.63, 3.8) is 0 Å². The zero-order valence-electron chi connectivity index (χ0n) is 14.5. The van der Waals surface area contributed by atoms with Gasteiger partial charge in [0.1, 0.15) is 5.75 Å². The second kappa shape index (κ2) is 5.88. The summed E-state index contributed by atoms with van der Waals surface area (Å²) in [6.45, 7) is -3.02. The summed E-state index contributed by atoms with van der Waals surface area (Å²) in [5, 5.41) is 4.40. The third-order valence-corrected chi connectivity index (χ3v) is 5.80. The number of halogens is 4. The van der Waals surface area contributed by atoms with Gasteiger partial charge in [0.25, 0.3) is 5.91 Å². The van der Waals surface area contributed by atoms with Gasteiger partial charge in [-0.15, -0.1) is 0 Å². The number of nitrogens with zero attached hydrogens (tertiary/aromatic N) is 3. The van der Waals surface area contributed by atoms with E-state index in [0.717, 1.165) is 5.56 Å². The highest BCUT2D eigenvalue weighted by atomic mass is 35.5. The number of hydrogen-bond acceptors (Lipinski definition) is 3. The molecule has 2 bridgehead atoms. The molecule has 0 radical (unpaired) electrons. The molecule has 9 heteroatoms. The zero-order chi connectivity index (χ0) is 19.7. The maximum absolute atomic E-state index is 13.9. The molecule has 2 atom stereocenters. The molecule has 2 aromatic heterocycles. The Morgan fingerprint density at radius 1 is 1.32 bits per heavy atom. The van der Waals surface area contributed by atoms with E-state index >= 15 is 0 Å². The molecule has 2 aliphatic rings. The highest BCUT2D eigenvalue weighted by Crippen LogP contribution is 2.53. The fourth-order valence-corrected chi connectivity index (χ4v) is 4.51. The average molecular weight is 408 g/mol. The Kier molecular flexibility index (Phi) is 3.64. The third kappa shape index (κ3) is 2.27. The highest BCUT2D eigenvalue weighted by Gasteiger charge is 2.46. The van der Waals surface area contributed by atoms with Gasteiger partial charge >= 0.3 is 6.61 Å². The van der Waals surface area contributed by atoms with E-state index in [1.807, 2.05) is 0 Å². The van der Waals surface area contributed by atoms with Gasteiger partial charge in [0.15, 0.2) is 5.82 Å². The van der Waals surface area contributed by atoms with Crippen LogP contribution in [0.1, 0.15) is 45.6 Å². The number of pyridine rings is 1. The van der Waals surface area contributed by atoms with Crippen LogP contribution in [0.5, 0.6) is 5.75 Å². The summed E-state index contributed by atoms with van der Waals surface area (Å²) in [6, 6.07) is 5.66. The van der Waals surface area contributed by atoms with E-state index in [-0.39, 0.29) is 22.7 Å². The van der Waals surface area contributed by atoms with Crippen molar-refractivity contribution in [1.29, 1.82) is 0 Å². The van der Waals surface area contributed by atoms with Crippen LogP contribution in [0.15, 0.2) is 30.5 Å². The minimum absolute atomic E-state index is 0.0414. The molecule has 3 aromatic rings. The van der Waals surface area contributed by atoms with Crippen molar-refractivity contribution < 1.29 is 22.7 Å². The van der Waals surface area contributed by atoms with Gasteiger partial charge in [-0.1, -0.05) is 17.7 Å². The fraction of sp³-hybridized carbons (Fsp3) is 0.263. The van der Waals surface area contributed by atoms with Crippen LogP contribution >= 0.6 is 11.6 Å². The minimum Gasteiger partial charge on any atom is -0.434 e. The van der Waals surface area contributed by atoms with Crippen LogP contribution in [-0.4, -0.2) is 34.1 Å². The summed E-state index contributed by atoms with van der Waals surface area (Å²) in [5.74, 6) is -1.36. The van der Waals surface area contributed by atoms with E-state index in [2.05, 4.69) is 5.10 Å². The van der Waals surface area contributed by atoms with Crippen molar-refractivity contribution in [3.8, 4) is 5.75 Å². The van der Waals surface area contributed by atoms with Gasteiger partial charge in [-0.2, -0.15) is 13.9 Å². The molecule has 144 valence electrons. The number of ether oxygens (including phenoxy) is 1. The minimum atomic E-state index is -3.02. The van der Waals surface area contributed by atoms with E-state index in [4.69, 9.17) is 16.3 Å². The number of benzene rings is 1. The van der Waals surface area contributed by atoms with Crippen molar-refractivity contribution in [2.45, 2.75) is 25.0 Å². The Labute approximate surface area is 162 Å². The summed E-state index contributed by atoms with van der Waals surface area (Å²) >= 11 is 5.97. The topological polar surface area (TPSA) is 46.8 Å². The predicted molar refractivity (Wildman–Crippen MR) is 94.5 cm³/mol. The van der Waals surface area contributed by atoms with Crippen molar-refractivity contribution in [2.24, 2.45) is 0 Å². The second-order valence-electron chi connectivity index (χ2n) is 6.91. The Morgan fingerprint density at radius 2 is 2.11 bits per heavy atom. The Balaban J connectivity index is 1.82. The number of amides is 1. The van der Waals surface area contributed by atoms with Gasteiger partial charge in [-0.25, -0.2) is 8.91 Å². The van der Waals surface area contributed by atoms with Crippen LogP contribution in [0, 0.1) is 5.82 Å². The Hall–Kier alpha value is -2.74. The number of carbonyl (C=O) groups is 1.